The number of nitrogens with zero attached hydrogens (tertiary/aromatic N) is 2. The van der Waals surface area contributed by atoms with E-state index in [4.69, 9.17) is 0 Å². The molecule has 1 saturated heterocycles. The van der Waals surface area contributed by atoms with E-state index in [1.807, 2.05) is 0 Å². The van der Waals surface area contributed by atoms with Crippen LogP contribution in [0.25, 0.3) is 0 Å². The lowest BCUT2D eigenvalue weighted by atomic mass is 10.4. The Morgan fingerprint density at radius 3 is 2.15 bits per heavy atom. The second kappa shape index (κ2) is 4.03. The van der Waals surface area contributed by atoms with Gasteiger partial charge in [-0.3, -0.25) is 4.79 Å². The number of nitrogens with one attached hydrogen (secondary N) is 1. The Labute approximate surface area is 77.7 Å². The van der Waals surface area contributed by atoms with Crippen molar-refractivity contribution in [3.05, 3.63) is 0 Å². The highest BCUT2D eigenvalue weighted by Crippen LogP contribution is 2.03. The second-order valence-corrected chi connectivity index (χ2v) is 4.62. The average molecular weight is 207 g/mol. The zero-order valence-electron chi connectivity index (χ0n) is 7.43. The molecule has 0 saturated carbocycles. The summed E-state index contributed by atoms with van der Waals surface area (Å²) in [6, 6.07) is 0. The van der Waals surface area contributed by atoms with Crippen molar-refractivity contribution in [1.29, 1.82) is 0 Å². The van der Waals surface area contributed by atoms with Crippen LogP contribution in [0.15, 0.2) is 0 Å². The number of rotatable bonds is 3. The Bertz CT molecular complexity index is 269. The summed E-state index contributed by atoms with van der Waals surface area (Å²) in [6.07, 6.45) is 0.739. The van der Waals surface area contributed by atoms with Crippen molar-refractivity contribution in [3.63, 3.8) is 0 Å². The maximum Gasteiger partial charge on any atom is 0.279 e. The third kappa shape index (κ3) is 2.39. The Morgan fingerprint density at radius 2 is 1.77 bits per heavy atom. The minimum Gasteiger partial charge on any atom is -0.343 e. The predicted octanol–water partition coefficient (Wildman–Crippen LogP) is -1.78. The molecule has 13 heavy (non-hydrogen) atoms. The molecule has 0 radical (unpaired) electrons. The molecule has 1 fully saturated rings. The summed E-state index contributed by atoms with van der Waals surface area (Å²) in [7, 11) is -1.94. The van der Waals surface area contributed by atoms with E-state index in [-0.39, 0.29) is 0 Å². The topological polar surface area (TPSA) is 69.7 Å². The minimum atomic E-state index is -3.31. The van der Waals surface area contributed by atoms with Gasteiger partial charge in [0.25, 0.3) is 10.2 Å². The highest BCUT2D eigenvalue weighted by atomic mass is 32.2. The van der Waals surface area contributed by atoms with Crippen molar-refractivity contribution in [2.75, 3.05) is 33.2 Å². The first kappa shape index (κ1) is 10.4. The van der Waals surface area contributed by atoms with Gasteiger partial charge in [0.1, 0.15) is 0 Å². The monoisotopic (exact) mass is 207 g/mol. The van der Waals surface area contributed by atoms with Gasteiger partial charge in [-0.1, -0.05) is 0 Å². The van der Waals surface area contributed by atoms with Crippen molar-refractivity contribution < 1.29 is 13.2 Å². The summed E-state index contributed by atoms with van der Waals surface area (Å²) < 4.78 is 26.1. The summed E-state index contributed by atoms with van der Waals surface area (Å²) in [5, 5.41) is 0. The lowest BCUT2D eigenvalue weighted by Gasteiger charge is -2.31. The maximum absolute atomic E-state index is 11.3. The Morgan fingerprint density at radius 1 is 1.23 bits per heavy atom. The molecule has 0 aliphatic carbocycles. The highest BCUT2D eigenvalue weighted by molar-refractivity contribution is 7.87. The third-order valence-corrected chi connectivity index (χ3v) is 3.58. The molecule has 1 aliphatic heterocycles. The largest absolute Gasteiger partial charge is 0.343 e. The van der Waals surface area contributed by atoms with Crippen molar-refractivity contribution >= 4 is 16.6 Å². The number of hydrogen-bond acceptors (Lipinski definition) is 3. The van der Waals surface area contributed by atoms with Crippen molar-refractivity contribution in [1.82, 2.24) is 13.9 Å². The lowest BCUT2D eigenvalue weighted by Crippen LogP contribution is -2.50. The normalized spacial score (nSPS) is 20.2. The number of amides is 1. The SMILES string of the molecule is CNS(=O)(=O)N1CCN(C=O)CC1. The molecule has 6 nitrogen and oxygen atoms in total. The molecule has 1 N–H and O–H groups in total. The number of carbonyl (C=O) groups is 1. The van der Waals surface area contributed by atoms with Gasteiger partial charge in [0.2, 0.25) is 6.41 Å². The summed E-state index contributed by atoms with van der Waals surface area (Å²) in [5.74, 6) is 0. The van der Waals surface area contributed by atoms with E-state index in [0.717, 1.165) is 6.41 Å². The van der Waals surface area contributed by atoms with Crippen LogP contribution >= 0.6 is 0 Å². The number of carbonyl (C=O) groups excluding carboxylic acids is 1. The average Bonchev–Trinajstić information content (AvgIpc) is 2.18. The fourth-order valence-electron chi connectivity index (χ4n) is 1.18. The van der Waals surface area contributed by atoms with Gasteiger partial charge < -0.3 is 4.90 Å². The fourth-order valence-corrected chi connectivity index (χ4v) is 2.08. The standard InChI is InChI=1S/C6H13N3O3S/c1-7-13(11,12)9-4-2-8(6-10)3-5-9/h6-7H,2-5H2,1H3. The minimum absolute atomic E-state index is 0.363. The van der Waals surface area contributed by atoms with E-state index in [1.54, 1.807) is 4.90 Å². The zero-order valence-corrected chi connectivity index (χ0v) is 8.25. The summed E-state index contributed by atoms with van der Waals surface area (Å²) >= 11 is 0. The van der Waals surface area contributed by atoms with E-state index in [1.165, 1.54) is 11.4 Å². The molecule has 7 heteroatoms. The molecule has 0 atom stereocenters. The fraction of sp³-hybridized carbons (Fsp3) is 0.833. The van der Waals surface area contributed by atoms with E-state index in [2.05, 4.69) is 4.72 Å². The first-order valence-electron chi connectivity index (χ1n) is 3.98. The lowest BCUT2D eigenvalue weighted by molar-refractivity contribution is -0.119. The molecule has 0 aromatic carbocycles. The first-order valence-corrected chi connectivity index (χ1v) is 5.42. The Balaban J connectivity index is 2.55. The molecule has 76 valence electrons. The van der Waals surface area contributed by atoms with Crippen molar-refractivity contribution in [2.24, 2.45) is 0 Å². The molecule has 1 amide bonds. The Kier molecular flexibility index (Phi) is 3.23. The van der Waals surface area contributed by atoms with Crippen LogP contribution in [0.1, 0.15) is 0 Å². The van der Waals surface area contributed by atoms with E-state index in [9.17, 15) is 13.2 Å². The van der Waals surface area contributed by atoms with Gasteiger partial charge >= 0.3 is 0 Å². The maximum atomic E-state index is 11.3. The molecule has 0 aromatic rings. The predicted molar refractivity (Wildman–Crippen MR) is 47.2 cm³/mol. The molecule has 1 rings (SSSR count). The van der Waals surface area contributed by atoms with Crippen LogP contribution in [0.5, 0.6) is 0 Å². The van der Waals surface area contributed by atoms with E-state index in [0.29, 0.717) is 26.2 Å². The van der Waals surface area contributed by atoms with Gasteiger partial charge in [0.15, 0.2) is 0 Å². The van der Waals surface area contributed by atoms with Crippen molar-refractivity contribution in [3.8, 4) is 0 Å². The first-order chi connectivity index (χ1) is 6.10. The second-order valence-electron chi connectivity index (χ2n) is 2.75. The summed E-state index contributed by atoms with van der Waals surface area (Å²) in [4.78, 5) is 11.9. The Hall–Kier alpha value is -0.660. The van der Waals surface area contributed by atoms with Gasteiger partial charge in [-0.15, -0.1) is 0 Å². The smallest absolute Gasteiger partial charge is 0.279 e. The van der Waals surface area contributed by atoms with Crippen LogP contribution in [0.3, 0.4) is 0 Å². The van der Waals surface area contributed by atoms with Gasteiger partial charge in [0, 0.05) is 33.2 Å². The summed E-state index contributed by atoms with van der Waals surface area (Å²) in [5.41, 5.74) is 0. The molecule has 0 unspecified atom stereocenters. The highest BCUT2D eigenvalue weighted by Gasteiger charge is 2.24. The zero-order chi connectivity index (χ0) is 9.90. The molecule has 1 heterocycles. The molecule has 1 aliphatic rings. The van der Waals surface area contributed by atoms with Gasteiger partial charge in [-0.25, -0.2) is 4.72 Å². The van der Waals surface area contributed by atoms with Gasteiger partial charge in [-0.2, -0.15) is 12.7 Å². The van der Waals surface area contributed by atoms with Crippen LogP contribution in [0.2, 0.25) is 0 Å². The molecule has 0 spiro atoms. The van der Waals surface area contributed by atoms with Crippen LogP contribution in [0.4, 0.5) is 0 Å². The molecule has 0 aromatic heterocycles. The van der Waals surface area contributed by atoms with Crippen LogP contribution in [-0.2, 0) is 15.0 Å². The van der Waals surface area contributed by atoms with Crippen LogP contribution in [0, 0.1) is 0 Å². The molecular formula is C6H13N3O3S. The van der Waals surface area contributed by atoms with E-state index < -0.39 is 10.2 Å². The number of hydrogen-bond donors (Lipinski definition) is 1. The van der Waals surface area contributed by atoms with Gasteiger partial charge in [0.05, 0.1) is 0 Å². The quantitative estimate of drug-likeness (QED) is 0.556. The number of piperazine rings is 1. The van der Waals surface area contributed by atoms with Gasteiger partial charge in [-0.05, 0) is 0 Å². The third-order valence-electron chi connectivity index (χ3n) is 2.02. The summed E-state index contributed by atoms with van der Waals surface area (Å²) in [6.45, 7) is 1.65. The van der Waals surface area contributed by atoms with E-state index >= 15 is 0 Å². The molecule has 0 bridgehead atoms. The molecular weight excluding hydrogens is 194 g/mol. The van der Waals surface area contributed by atoms with Crippen molar-refractivity contribution in [2.45, 2.75) is 0 Å². The van der Waals surface area contributed by atoms with Crippen LogP contribution < -0.4 is 4.72 Å². The van der Waals surface area contributed by atoms with Crippen LogP contribution in [-0.4, -0.2) is 57.3 Å².